The zero-order chi connectivity index (χ0) is 24.7. The Bertz CT molecular complexity index is 512. The molecule has 0 aliphatic heterocycles. The van der Waals surface area contributed by atoms with Crippen LogP contribution in [0.2, 0.25) is 0 Å². The van der Waals surface area contributed by atoms with Crippen LogP contribution in [0.15, 0.2) is 0 Å². The number of amides is 5. The topological polar surface area (TPSA) is 172 Å². The van der Waals surface area contributed by atoms with Gasteiger partial charge in [-0.3, -0.25) is 19.2 Å². The molecular weight excluding hydrogens is 404 g/mol. The number of carbonyl (C=O) groups excluding carboxylic acids is 5. The number of carbonyl (C=O) groups is 5. The highest BCUT2D eigenvalue weighted by molar-refractivity contribution is 5.90. The first-order valence-electron chi connectivity index (χ1n) is 10.5. The van der Waals surface area contributed by atoms with Gasteiger partial charge < -0.3 is 32.3 Å². The summed E-state index contributed by atoms with van der Waals surface area (Å²) in [5.74, 6) is -0.734. The van der Waals surface area contributed by atoms with E-state index in [1.165, 1.54) is 6.92 Å². The van der Waals surface area contributed by atoms with Gasteiger partial charge in [0.25, 0.3) is 0 Å². The van der Waals surface area contributed by atoms with Crippen LogP contribution in [0.5, 0.6) is 0 Å². The van der Waals surface area contributed by atoms with Crippen LogP contribution in [0.4, 0.5) is 4.79 Å². The fourth-order valence-corrected chi connectivity index (χ4v) is 1.75. The van der Waals surface area contributed by atoms with Gasteiger partial charge in [-0.05, 0) is 38.6 Å². The summed E-state index contributed by atoms with van der Waals surface area (Å²) < 4.78 is 0. The Morgan fingerprint density at radius 2 is 1.55 bits per heavy atom. The standard InChI is InChI=1S/C12H21N3O4.C5H12N2O.C3H9N/c1-8(2)4-10(9(3)17)15-12(19)6-14-11(18)5-13-7-16;1-3-4-7-5(8)6-2;1-2-3-4/h7-8,10H,4-6H2,1-3H3,(H,13,16)(H,14,18)(H,15,19);3-4H2,1-2H3,(H2,6,7,8);2-4H2,1H3. The molecule has 0 spiro atoms. The van der Waals surface area contributed by atoms with E-state index in [0.29, 0.717) is 12.8 Å². The van der Waals surface area contributed by atoms with Crippen molar-refractivity contribution in [3.63, 3.8) is 0 Å². The Balaban J connectivity index is -0.000000536. The molecule has 1 atom stereocenters. The molecule has 0 aromatic heterocycles. The first-order valence-corrected chi connectivity index (χ1v) is 10.5. The molecule has 1 unspecified atom stereocenters. The van der Waals surface area contributed by atoms with E-state index in [-0.39, 0.29) is 30.8 Å². The Morgan fingerprint density at radius 3 is 1.94 bits per heavy atom. The van der Waals surface area contributed by atoms with Gasteiger partial charge in [-0.1, -0.05) is 27.7 Å². The van der Waals surface area contributed by atoms with E-state index in [0.717, 1.165) is 25.9 Å². The van der Waals surface area contributed by atoms with E-state index in [9.17, 15) is 24.0 Å². The third-order valence-electron chi connectivity index (χ3n) is 3.38. The fraction of sp³-hybridized carbons (Fsp3) is 0.750. The molecule has 5 amide bonds. The van der Waals surface area contributed by atoms with Gasteiger partial charge in [-0.15, -0.1) is 0 Å². The molecule has 0 radical (unpaired) electrons. The summed E-state index contributed by atoms with van der Waals surface area (Å²) in [6.45, 7) is 10.6. The minimum absolute atomic E-state index is 0.105. The summed E-state index contributed by atoms with van der Waals surface area (Å²) in [5.41, 5.74) is 5.03. The van der Waals surface area contributed by atoms with Crippen LogP contribution in [0.3, 0.4) is 0 Å². The van der Waals surface area contributed by atoms with Crippen LogP contribution in [-0.4, -0.2) is 69.3 Å². The fourth-order valence-electron chi connectivity index (χ4n) is 1.75. The summed E-state index contributed by atoms with van der Waals surface area (Å²) in [5, 5.41) is 12.2. The monoisotopic (exact) mass is 446 g/mol. The molecule has 0 saturated carbocycles. The van der Waals surface area contributed by atoms with Crippen molar-refractivity contribution in [2.24, 2.45) is 11.7 Å². The number of Topliss-reactive ketones (excluding diaryl/α,β-unsaturated/α-hetero) is 1. The average Bonchev–Trinajstić information content (AvgIpc) is 2.74. The Hall–Kier alpha value is -2.69. The van der Waals surface area contributed by atoms with E-state index in [2.05, 4.69) is 33.5 Å². The summed E-state index contributed by atoms with van der Waals surface area (Å²) >= 11 is 0. The number of urea groups is 1. The lowest BCUT2D eigenvalue weighted by molar-refractivity contribution is -0.128. The quantitative estimate of drug-likeness (QED) is 0.224. The van der Waals surface area contributed by atoms with Crippen LogP contribution in [0.25, 0.3) is 0 Å². The maximum Gasteiger partial charge on any atom is 0.314 e. The molecule has 0 heterocycles. The molecular formula is C20H42N6O5. The predicted molar refractivity (Wildman–Crippen MR) is 121 cm³/mol. The molecule has 0 saturated heterocycles. The SMILES string of the molecule is CC(=O)C(CC(C)C)NC(=O)CNC(=O)CNC=O.CCCN.CCCNC(=O)NC. The van der Waals surface area contributed by atoms with Crippen molar-refractivity contribution < 1.29 is 24.0 Å². The molecule has 7 N–H and O–H groups in total. The number of ketones is 1. The third-order valence-corrected chi connectivity index (χ3v) is 3.38. The highest BCUT2D eigenvalue weighted by Crippen LogP contribution is 2.05. The van der Waals surface area contributed by atoms with Gasteiger partial charge in [0.2, 0.25) is 18.2 Å². The second-order valence-electron chi connectivity index (χ2n) is 6.93. The summed E-state index contributed by atoms with van der Waals surface area (Å²) in [7, 11) is 1.60. The summed E-state index contributed by atoms with van der Waals surface area (Å²) in [4.78, 5) is 54.3. The van der Waals surface area contributed by atoms with Crippen molar-refractivity contribution in [2.45, 2.75) is 59.9 Å². The summed E-state index contributed by atoms with van der Waals surface area (Å²) in [6.07, 6.45) is 3.03. The molecule has 0 fully saturated rings. The van der Waals surface area contributed by atoms with Crippen LogP contribution in [0.1, 0.15) is 53.9 Å². The molecule has 0 rings (SSSR count). The maximum atomic E-state index is 11.5. The van der Waals surface area contributed by atoms with Gasteiger partial charge in [0, 0.05) is 13.6 Å². The van der Waals surface area contributed by atoms with Crippen molar-refractivity contribution in [1.29, 1.82) is 0 Å². The van der Waals surface area contributed by atoms with E-state index in [4.69, 9.17) is 5.73 Å². The minimum Gasteiger partial charge on any atom is -0.350 e. The lowest BCUT2D eigenvalue weighted by atomic mass is 10.0. The molecule has 0 aliphatic carbocycles. The molecule has 0 aliphatic rings. The number of rotatable bonds is 12. The number of nitrogens with two attached hydrogens (primary N) is 1. The highest BCUT2D eigenvalue weighted by atomic mass is 16.2. The first kappa shape index (κ1) is 33.0. The van der Waals surface area contributed by atoms with Gasteiger partial charge >= 0.3 is 6.03 Å². The largest absolute Gasteiger partial charge is 0.350 e. The second kappa shape index (κ2) is 23.6. The highest BCUT2D eigenvalue weighted by Gasteiger charge is 2.18. The van der Waals surface area contributed by atoms with Gasteiger partial charge in [-0.25, -0.2) is 4.79 Å². The molecule has 11 heteroatoms. The number of nitrogens with one attached hydrogen (secondary N) is 5. The second-order valence-corrected chi connectivity index (χ2v) is 6.93. The normalized spacial score (nSPS) is 10.2. The van der Waals surface area contributed by atoms with Crippen LogP contribution in [0, 0.1) is 5.92 Å². The van der Waals surface area contributed by atoms with Gasteiger partial charge in [0.05, 0.1) is 19.1 Å². The predicted octanol–water partition coefficient (Wildman–Crippen LogP) is -0.351. The Kier molecular flexibility index (Phi) is 25.1. The van der Waals surface area contributed by atoms with Crippen molar-refractivity contribution >= 4 is 30.0 Å². The minimum atomic E-state index is -0.530. The molecule has 0 bridgehead atoms. The maximum absolute atomic E-state index is 11.5. The van der Waals surface area contributed by atoms with Gasteiger partial charge in [0.1, 0.15) is 0 Å². The van der Waals surface area contributed by atoms with E-state index < -0.39 is 17.9 Å². The Labute approximate surface area is 186 Å². The molecule has 11 nitrogen and oxygen atoms in total. The molecule has 0 aromatic carbocycles. The zero-order valence-electron chi connectivity index (χ0n) is 19.8. The van der Waals surface area contributed by atoms with E-state index in [1.807, 2.05) is 20.8 Å². The van der Waals surface area contributed by atoms with E-state index >= 15 is 0 Å². The van der Waals surface area contributed by atoms with Crippen LogP contribution >= 0.6 is 0 Å². The number of hydrogen-bond acceptors (Lipinski definition) is 6. The van der Waals surface area contributed by atoms with Gasteiger partial charge in [-0.2, -0.15) is 0 Å². The molecule has 182 valence electrons. The van der Waals surface area contributed by atoms with Crippen molar-refractivity contribution in [1.82, 2.24) is 26.6 Å². The summed E-state index contributed by atoms with van der Waals surface area (Å²) in [6, 6.07) is -0.635. The zero-order valence-corrected chi connectivity index (χ0v) is 19.8. The number of hydrogen-bond donors (Lipinski definition) is 6. The first-order chi connectivity index (χ1) is 14.6. The van der Waals surface area contributed by atoms with Crippen molar-refractivity contribution in [3.05, 3.63) is 0 Å². The van der Waals surface area contributed by atoms with Crippen LogP contribution in [-0.2, 0) is 19.2 Å². The Morgan fingerprint density at radius 1 is 0.968 bits per heavy atom. The lowest BCUT2D eigenvalue weighted by Gasteiger charge is -2.18. The third kappa shape index (κ3) is 27.3. The van der Waals surface area contributed by atoms with Crippen molar-refractivity contribution in [3.8, 4) is 0 Å². The lowest BCUT2D eigenvalue weighted by Crippen LogP contribution is -2.46. The molecule has 0 aromatic rings. The smallest absolute Gasteiger partial charge is 0.314 e. The molecule has 31 heavy (non-hydrogen) atoms. The van der Waals surface area contributed by atoms with E-state index in [1.54, 1.807) is 7.05 Å². The average molecular weight is 447 g/mol. The van der Waals surface area contributed by atoms with Crippen LogP contribution < -0.4 is 32.3 Å². The van der Waals surface area contributed by atoms with Crippen molar-refractivity contribution in [2.75, 3.05) is 33.2 Å². The van der Waals surface area contributed by atoms with Gasteiger partial charge in [0.15, 0.2) is 5.78 Å².